The second kappa shape index (κ2) is 9.30. The maximum Gasteiger partial charge on any atom is 0.338 e. The van der Waals surface area contributed by atoms with Gasteiger partial charge in [0.15, 0.2) is 0 Å². The lowest BCUT2D eigenvalue weighted by molar-refractivity contribution is 0.0599. The first-order valence-corrected chi connectivity index (χ1v) is 10.7. The van der Waals surface area contributed by atoms with Gasteiger partial charge < -0.3 is 9.47 Å². The average Bonchev–Trinajstić information content (AvgIpc) is 2.78. The molecule has 0 radical (unpaired) electrons. The Morgan fingerprint density at radius 3 is 2.80 bits per heavy atom. The van der Waals surface area contributed by atoms with Crippen LogP contribution in [-0.4, -0.2) is 24.7 Å². The van der Waals surface area contributed by atoms with Crippen molar-refractivity contribution in [1.82, 2.24) is 4.98 Å². The number of hydrogen-bond donors (Lipinski definition) is 0. The minimum Gasteiger partial charge on any atom is -0.493 e. The summed E-state index contributed by atoms with van der Waals surface area (Å²) in [7, 11) is 1.39. The number of aryl methyl sites for hydroxylation is 1. The number of carbonyl (C=O) groups is 1. The normalized spacial score (nSPS) is 15.2. The fourth-order valence-electron chi connectivity index (χ4n) is 3.71. The van der Waals surface area contributed by atoms with Gasteiger partial charge in [0.25, 0.3) is 0 Å². The molecule has 0 saturated heterocycles. The third-order valence-corrected chi connectivity index (χ3v) is 6.27. The van der Waals surface area contributed by atoms with E-state index >= 15 is 0 Å². The number of nitrogens with zero attached hydrogens (tertiary/aromatic N) is 1. The maximum atomic E-state index is 13.1. The molecule has 4 rings (SSSR count). The smallest absolute Gasteiger partial charge is 0.338 e. The van der Waals surface area contributed by atoms with Crippen LogP contribution in [0.15, 0.2) is 70.7 Å². The van der Waals surface area contributed by atoms with Crippen LogP contribution in [0.25, 0.3) is 0 Å². The van der Waals surface area contributed by atoms with Crippen molar-refractivity contribution in [1.29, 1.82) is 0 Å². The van der Waals surface area contributed by atoms with Gasteiger partial charge in [-0.15, -0.1) is 0 Å². The van der Waals surface area contributed by atoms with E-state index in [1.165, 1.54) is 24.8 Å². The zero-order valence-electron chi connectivity index (χ0n) is 16.6. The van der Waals surface area contributed by atoms with Crippen LogP contribution in [0.1, 0.15) is 40.2 Å². The van der Waals surface area contributed by atoms with E-state index in [9.17, 15) is 9.18 Å². The Kier molecular flexibility index (Phi) is 6.33. The molecule has 30 heavy (non-hydrogen) atoms. The predicted molar refractivity (Wildman–Crippen MR) is 114 cm³/mol. The first kappa shape index (κ1) is 20.4. The Morgan fingerprint density at radius 2 is 2.00 bits per heavy atom. The van der Waals surface area contributed by atoms with E-state index in [1.54, 1.807) is 42.4 Å². The molecule has 0 N–H and O–H groups in total. The Bertz CT molecular complexity index is 1040. The summed E-state index contributed by atoms with van der Waals surface area (Å²) in [5.41, 5.74) is 2.67. The summed E-state index contributed by atoms with van der Waals surface area (Å²) in [4.78, 5) is 18.2. The molecular weight excluding hydrogens is 401 g/mol. The van der Waals surface area contributed by atoms with E-state index in [-0.39, 0.29) is 11.8 Å². The van der Waals surface area contributed by atoms with Crippen molar-refractivity contribution in [2.45, 2.75) is 35.0 Å². The number of benzene rings is 2. The second-order valence-corrected chi connectivity index (χ2v) is 8.30. The van der Waals surface area contributed by atoms with Gasteiger partial charge in [-0.05, 0) is 78.8 Å². The second-order valence-electron chi connectivity index (χ2n) is 7.15. The molecule has 1 atom stereocenters. The lowest BCUT2D eigenvalue weighted by Crippen LogP contribution is -2.15. The number of rotatable bonds is 6. The standard InChI is InChI=1S/C24H22FNO3S/c1-28-24(27)22-10-12-26-15-17(22)3-2-16-11-13-29-23-14-20(8-9-21(16)23)30-19-6-4-18(25)5-7-19/h4-10,12,14-16H,2-3,11,13H2,1H3/t16-/m0/s1. The Labute approximate surface area is 179 Å². The van der Waals surface area contributed by atoms with Crippen LogP contribution in [0.4, 0.5) is 4.39 Å². The minimum atomic E-state index is -0.331. The predicted octanol–water partition coefficient (Wildman–Crippen LogP) is 5.66. The first-order valence-electron chi connectivity index (χ1n) is 9.85. The zero-order chi connectivity index (χ0) is 20.9. The van der Waals surface area contributed by atoms with Crippen LogP contribution in [0, 0.1) is 5.82 Å². The summed E-state index contributed by atoms with van der Waals surface area (Å²) in [6.07, 6.45) is 5.94. The van der Waals surface area contributed by atoms with Crippen molar-refractivity contribution in [3.8, 4) is 5.75 Å². The molecule has 0 spiro atoms. The van der Waals surface area contributed by atoms with Crippen LogP contribution >= 0.6 is 11.8 Å². The molecule has 1 aliphatic rings. The first-order chi connectivity index (χ1) is 14.6. The molecule has 0 aliphatic carbocycles. The van der Waals surface area contributed by atoms with E-state index in [2.05, 4.69) is 23.2 Å². The van der Waals surface area contributed by atoms with Crippen molar-refractivity contribution in [3.63, 3.8) is 0 Å². The van der Waals surface area contributed by atoms with E-state index < -0.39 is 0 Å². The van der Waals surface area contributed by atoms with Gasteiger partial charge >= 0.3 is 5.97 Å². The van der Waals surface area contributed by atoms with Gasteiger partial charge in [-0.1, -0.05) is 17.8 Å². The van der Waals surface area contributed by atoms with Crippen LogP contribution in [-0.2, 0) is 11.2 Å². The molecule has 2 heterocycles. The molecule has 3 aromatic rings. The molecular formula is C24H22FNO3S. The van der Waals surface area contributed by atoms with Crippen molar-refractivity contribution in [3.05, 3.63) is 83.4 Å². The number of methoxy groups -OCH3 is 1. The highest BCUT2D eigenvalue weighted by Crippen LogP contribution is 2.40. The average molecular weight is 424 g/mol. The number of esters is 1. The Hall–Kier alpha value is -2.86. The van der Waals surface area contributed by atoms with E-state index in [4.69, 9.17) is 9.47 Å². The third-order valence-electron chi connectivity index (χ3n) is 5.27. The highest BCUT2D eigenvalue weighted by atomic mass is 32.2. The summed E-state index contributed by atoms with van der Waals surface area (Å²) in [5, 5.41) is 0. The van der Waals surface area contributed by atoms with Gasteiger partial charge in [0, 0.05) is 22.2 Å². The molecule has 154 valence electrons. The van der Waals surface area contributed by atoms with Gasteiger partial charge in [0.05, 0.1) is 19.3 Å². The van der Waals surface area contributed by atoms with Crippen molar-refractivity contribution < 1.29 is 18.7 Å². The monoisotopic (exact) mass is 423 g/mol. The summed E-state index contributed by atoms with van der Waals surface area (Å²) in [6, 6.07) is 14.4. The minimum absolute atomic E-state index is 0.236. The molecule has 4 nitrogen and oxygen atoms in total. The topological polar surface area (TPSA) is 48.4 Å². The van der Waals surface area contributed by atoms with Gasteiger partial charge in [-0.3, -0.25) is 4.98 Å². The molecule has 0 fully saturated rings. The highest BCUT2D eigenvalue weighted by Gasteiger charge is 2.23. The Morgan fingerprint density at radius 1 is 1.20 bits per heavy atom. The third kappa shape index (κ3) is 4.65. The molecule has 0 unspecified atom stereocenters. The fourth-order valence-corrected chi connectivity index (χ4v) is 4.56. The Balaban J connectivity index is 1.48. The van der Waals surface area contributed by atoms with E-state index in [1.807, 2.05) is 0 Å². The van der Waals surface area contributed by atoms with E-state index in [0.29, 0.717) is 18.1 Å². The largest absolute Gasteiger partial charge is 0.493 e. The summed E-state index contributed by atoms with van der Waals surface area (Å²) in [5.74, 6) is 0.684. The van der Waals surface area contributed by atoms with Crippen molar-refractivity contribution in [2.75, 3.05) is 13.7 Å². The molecule has 0 amide bonds. The van der Waals surface area contributed by atoms with Gasteiger partial charge in [0.1, 0.15) is 11.6 Å². The number of halogens is 1. The van der Waals surface area contributed by atoms with Gasteiger partial charge in [0.2, 0.25) is 0 Å². The molecule has 1 aromatic heterocycles. The number of ether oxygens (including phenoxy) is 2. The summed E-state index contributed by atoms with van der Waals surface area (Å²) >= 11 is 1.58. The highest BCUT2D eigenvalue weighted by molar-refractivity contribution is 7.99. The molecule has 1 aliphatic heterocycles. The summed E-state index contributed by atoms with van der Waals surface area (Å²) in [6.45, 7) is 0.666. The van der Waals surface area contributed by atoms with Crippen LogP contribution < -0.4 is 4.74 Å². The lowest BCUT2D eigenvalue weighted by atomic mass is 9.87. The number of pyridine rings is 1. The van der Waals surface area contributed by atoms with Crippen molar-refractivity contribution >= 4 is 17.7 Å². The fraction of sp³-hybridized carbons (Fsp3) is 0.250. The van der Waals surface area contributed by atoms with Gasteiger partial charge in [-0.25, -0.2) is 9.18 Å². The lowest BCUT2D eigenvalue weighted by Gasteiger charge is -2.26. The van der Waals surface area contributed by atoms with Crippen LogP contribution in [0.2, 0.25) is 0 Å². The molecule has 0 bridgehead atoms. The molecule has 2 aromatic carbocycles. The van der Waals surface area contributed by atoms with Crippen molar-refractivity contribution in [2.24, 2.45) is 0 Å². The van der Waals surface area contributed by atoms with Gasteiger partial charge in [-0.2, -0.15) is 0 Å². The number of hydrogen-bond acceptors (Lipinski definition) is 5. The molecule has 6 heteroatoms. The van der Waals surface area contributed by atoms with E-state index in [0.717, 1.165) is 40.4 Å². The number of fused-ring (bicyclic) bond motifs is 1. The maximum absolute atomic E-state index is 13.1. The zero-order valence-corrected chi connectivity index (χ0v) is 17.5. The number of aromatic nitrogens is 1. The van der Waals surface area contributed by atoms with Crippen LogP contribution in [0.3, 0.4) is 0 Å². The molecule has 0 saturated carbocycles. The SMILES string of the molecule is COC(=O)c1ccncc1CC[C@H]1CCOc2cc(Sc3ccc(F)cc3)ccc21. The van der Waals surface area contributed by atoms with Crippen LogP contribution in [0.5, 0.6) is 5.75 Å². The quantitative estimate of drug-likeness (QED) is 0.479. The summed E-state index contributed by atoms with van der Waals surface area (Å²) < 4.78 is 23.9. The number of carbonyl (C=O) groups excluding carboxylic acids is 1.